The van der Waals surface area contributed by atoms with E-state index in [1.165, 1.54) is 12.0 Å². The predicted molar refractivity (Wildman–Crippen MR) is 70.2 cm³/mol. The molecule has 3 nitrogen and oxygen atoms in total. The average molecular weight is 250 g/mol. The molecule has 2 rings (SSSR count). The van der Waals surface area contributed by atoms with Gasteiger partial charge in [-0.1, -0.05) is 30.3 Å². The lowest BCUT2D eigenvalue weighted by atomic mass is 10.2. The van der Waals surface area contributed by atoms with E-state index in [0.29, 0.717) is 13.2 Å². The Hall–Kier alpha value is -0.900. The van der Waals surface area contributed by atoms with Gasteiger partial charge in [0.25, 0.3) is 0 Å². The molecule has 0 amide bonds. The largest absolute Gasteiger partial charge is 0.374 e. The van der Waals surface area contributed by atoms with E-state index in [1.807, 2.05) is 25.1 Å². The third-order valence-electron chi connectivity index (χ3n) is 2.99. The quantitative estimate of drug-likeness (QED) is 0.776. The van der Waals surface area contributed by atoms with Crippen LogP contribution in [0.1, 0.15) is 31.7 Å². The summed E-state index contributed by atoms with van der Waals surface area (Å²) in [5.41, 5.74) is 1.19. The van der Waals surface area contributed by atoms with Crippen molar-refractivity contribution in [2.45, 2.75) is 45.2 Å². The monoisotopic (exact) mass is 250 g/mol. The molecule has 18 heavy (non-hydrogen) atoms. The van der Waals surface area contributed by atoms with Crippen LogP contribution in [0.2, 0.25) is 0 Å². The summed E-state index contributed by atoms with van der Waals surface area (Å²) in [5, 5.41) is 0. The molecule has 1 saturated heterocycles. The minimum Gasteiger partial charge on any atom is -0.374 e. The van der Waals surface area contributed by atoms with Gasteiger partial charge in [0.2, 0.25) is 0 Å². The third-order valence-corrected chi connectivity index (χ3v) is 2.99. The van der Waals surface area contributed by atoms with Crippen LogP contribution in [-0.4, -0.2) is 25.6 Å². The molecule has 0 N–H and O–H groups in total. The molecule has 1 aliphatic rings. The standard InChI is InChI=1S/C15H22O3/c1-13(18-15-9-5-6-10-17-15)11-16-12-14-7-3-2-4-8-14/h2-4,7-8,13,15H,5-6,9-12H2,1H3/t13?,15-/m1/s1. The smallest absolute Gasteiger partial charge is 0.158 e. The van der Waals surface area contributed by atoms with E-state index in [1.54, 1.807) is 0 Å². The molecule has 1 fully saturated rings. The van der Waals surface area contributed by atoms with Gasteiger partial charge in [0.05, 0.1) is 19.3 Å². The molecule has 3 heteroatoms. The Bertz CT molecular complexity index is 320. The second-order valence-electron chi connectivity index (χ2n) is 4.74. The highest BCUT2D eigenvalue weighted by atomic mass is 16.7. The van der Waals surface area contributed by atoms with Crippen molar-refractivity contribution < 1.29 is 14.2 Å². The molecule has 1 aromatic carbocycles. The van der Waals surface area contributed by atoms with Crippen LogP contribution in [0, 0.1) is 0 Å². The van der Waals surface area contributed by atoms with Gasteiger partial charge < -0.3 is 14.2 Å². The second kappa shape index (κ2) is 7.52. The average Bonchev–Trinajstić information content (AvgIpc) is 2.41. The molecular weight excluding hydrogens is 228 g/mol. The first-order valence-corrected chi connectivity index (χ1v) is 6.73. The van der Waals surface area contributed by atoms with Crippen molar-refractivity contribution in [1.82, 2.24) is 0 Å². The Morgan fingerprint density at radius 2 is 2.11 bits per heavy atom. The number of benzene rings is 1. The van der Waals surface area contributed by atoms with Crippen molar-refractivity contribution in [3.05, 3.63) is 35.9 Å². The van der Waals surface area contributed by atoms with Gasteiger partial charge in [-0.25, -0.2) is 0 Å². The minimum atomic E-state index is -0.0333. The van der Waals surface area contributed by atoms with E-state index in [2.05, 4.69) is 12.1 Å². The summed E-state index contributed by atoms with van der Waals surface area (Å²) in [6.45, 7) is 4.10. The summed E-state index contributed by atoms with van der Waals surface area (Å²) >= 11 is 0. The molecule has 0 aliphatic carbocycles. The fourth-order valence-electron chi connectivity index (χ4n) is 2.03. The van der Waals surface area contributed by atoms with Crippen molar-refractivity contribution in [2.75, 3.05) is 13.2 Å². The zero-order valence-electron chi connectivity index (χ0n) is 11.0. The molecule has 1 aromatic rings. The second-order valence-corrected chi connectivity index (χ2v) is 4.74. The van der Waals surface area contributed by atoms with Crippen LogP contribution in [-0.2, 0) is 20.8 Å². The van der Waals surface area contributed by atoms with Crippen LogP contribution in [0.4, 0.5) is 0 Å². The number of hydrogen-bond donors (Lipinski definition) is 0. The van der Waals surface area contributed by atoms with Gasteiger partial charge in [-0.3, -0.25) is 0 Å². The van der Waals surface area contributed by atoms with Crippen LogP contribution in [0.3, 0.4) is 0 Å². The van der Waals surface area contributed by atoms with Gasteiger partial charge in [0, 0.05) is 6.61 Å². The van der Waals surface area contributed by atoms with Gasteiger partial charge in [0.1, 0.15) is 0 Å². The van der Waals surface area contributed by atoms with Gasteiger partial charge in [-0.2, -0.15) is 0 Å². The zero-order chi connectivity index (χ0) is 12.6. The lowest BCUT2D eigenvalue weighted by Crippen LogP contribution is -2.28. The van der Waals surface area contributed by atoms with E-state index in [0.717, 1.165) is 19.4 Å². The molecule has 2 atom stereocenters. The SMILES string of the molecule is CC(COCc1ccccc1)O[C@@H]1CCCCO1. The van der Waals surface area contributed by atoms with Crippen LogP contribution in [0.15, 0.2) is 30.3 Å². The maximum Gasteiger partial charge on any atom is 0.158 e. The predicted octanol–water partition coefficient (Wildman–Crippen LogP) is 3.13. The molecule has 0 spiro atoms. The molecule has 0 bridgehead atoms. The van der Waals surface area contributed by atoms with Gasteiger partial charge in [-0.15, -0.1) is 0 Å². The normalized spacial score (nSPS) is 21.7. The van der Waals surface area contributed by atoms with E-state index in [4.69, 9.17) is 14.2 Å². The Balaban J connectivity index is 1.61. The number of ether oxygens (including phenoxy) is 3. The first-order valence-electron chi connectivity index (χ1n) is 6.73. The van der Waals surface area contributed by atoms with E-state index < -0.39 is 0 Å². The molecule has 100 valence electrons. The van der Waals surface area contributed by atoms with Crippen molar-refractivity contribution in [2.24, 2.45) is 0 Å². The summed E-state index contributed by atoms with van der Waals surface area (Å²) in [7, 11) is 0. The van der Waals surface area contributed by atoms with E-state index in [-0.39, 0.29) is 12.4 Å². The molecule has 0 radical (unpaired) electrons. The molecule has 1 heterocycles. The summed E-state index contributed by atoms with van der Waals surface area (Å²) < 4.78 is 17.0. The Morgan fingerprint density at radius 1 is 1.28 bits per heavy atom. The zero-order valence-corrected chi connectivity index (χ0v) is 11.0. The third kappa shape index (κ3) is 4.77. The summed E-state index contributed by atoms with van der Waals surface area (Å²) in [5.74, 6) is 0. The van der Waals surface area contributed by atoms with Crippen molar-refractivity contribution in [3.8, 4) is 0 Å². The maximum absolute atomic E-state index is 5.78. The van der Waals surface area contributed by atoms with Crippen LogP contribution in [0.25, 0.3) is 0 Å². The minimum absolute atomic E-state index is 0.0333. The summed E-state index contributed by atoms with van der Waals surface area (Å²) in [4.78, 5) is 0. The highest BCUT2D eigenvalue weighted by Gasteiger charge is 2.17. The van der Waals surface area contributed by atoms with E-state index in [9.17, 15) is 0 Å². The van der Waals surface area contributed by atoms with Crippen molar-refractivity contribution in [1.29, 1.82) is 0 Å². The van der Waals surface area contributed by atoms with Gasteiger partial charge in [-0.05, 0) is 31.7 Å². The summed E-state index contributed by atoms with van der Waals surface area (Å²) in [6.07, 6.45) is 3.40. The van der Waals surface area contributed by atoms with Crippen molar-refractivity contribution in [3.63, 3.8) is 0 Å². The van der Waals surface area contributed by atoms with Crippen LogP contribution in [0.5, 0.6) is 0 Å². The first kappa shape index (κ1) is 13.5. The highest BCUT2D eigenvalue weighted by Crippen LogP contribution is 2.15. The molecule has 1 unspecified atom stereocenters. The lowest BCUT2D eigenvalue weighted by molar-refractivity contribution is -0.194. The first-order chi connectivity index (χ1) is 8.84. The highest BCUT2D eigenvalue weighted by molar-refractivity contribution is 5.13. The van der Waals surface area contributed by atoms with Crippen molar-refractivity contribution >= 4 is 0 Å². The number of hydrogen-bond acceptors (Lipinski definition) is 3. The topological polar surface area (TPSA) is 27.7 Å². The Kier molecular flexibility index (Phi) is 5.65. The molecular formula is C15H22O3. The van der Waals surface area contributed by atoms with Gasteiger partial charge >= 0.3 is 0 Å². The lowest BCUT2D eigenvalue weighted by Gasteiger charge is -2.25. The Labute approximate surface area is 109 Å². The fraction of sp³-hybridized carbons (Fsp3) is 0.600. The molecule has 1 aliphatic heterocycles. The van der Waals surface area contributed by atoms with Crippen LogP contribution >= 0.6 is 0 Å². The fourth-order valence-corrected chi connectivity index (χ4v) is 2.03. The molecule has 0 aromatic heterocycles. The van der Waals surface area contributed by atoms with E-state index >= 15 is 0 Å². The summed E-state index contributed by atoms with van der Waals surface area (Å²) in [6, 6.07) is 10.2. The molecule has 0 saturated carbocycles. The van der Waals surface area contributed by atoms with Crippen LogP contribution < -0.4 is 0 Å². The number of rotatable bonds is 6. The maximum atomic E-state index is 5.78. The van der Waals surface area contributed by atoms with Gasteiger partial charge in [0.15, 0.2) is 6.29 Å². The Morgan fingerprint density at radius 3 is 2.83 bits per heavy atom.